The molecule has 2 saturated heterocycles. The van der Waals surface area contributed by atoms with E-state index in [0.717, 1.165) is 25.3 Å². The normalized spacial score (nSPS) is 24.7. The Labute approximate surface area is 135 Å². The van der Waals surface area contributed by atoms with Crippen LogP contribution in [0, 0.1) is 0 Å². The molecule has 0 saturated carbocycles. The smallest absolute Gasteiger partial charge is 0.0480 e. The molecule has 1 unspecified atom stereocenters. The van der Waals surface area contributed by atoms with Gasteiger partial charge in [-0.2, -0.15) is 0 Å². The highest BCUT2D eigenvalue weighted by atomic mass is 16.5. The Hall–Kier alpha value is -0.900. The number of piperidine rings is 1. The van der Waals surface area contributed by atoms with Crippen LogP contribution in [0.3, 0.4) is 0 Å². The third kappa shape index (κ3) is 4.31. The van der Waals surface area contributed by atoms with Crippen LogP contribution in [-0.4, -0.2) is 61.8 Å². The molecule has 0 radical (unpaired) electrons. The summed E-state index contributed by atoms with van der Waals surface area (Å²) >= 11 is 0. The third-order valence-corrected chi connectivity index (χ3v) is 5.38. The molecule has 2 fully saturated rings. The maximum Gasteiger partial charge on any atom is 0.0480 e. The van der Waals surface area contributed by atoms with E-state index in [2.05, 4.69) is 47.2 Å². The lowest BCUT2D eigenvalue weighted by atomic mass is 9.99. The van der Waals surface area contributed by atoms with Gasteiger partial charge >= 0.3 is 0 Å². The molecule has 0 amide bonds. The van der Waals surface area contributed by atoms with Crippen molar-refractivity contribution in [3.05, 3.63) is 35.9 Å². The van der Waals surface area contributed by atoms with Gasteiger partial charge in [0.25, 0.3) is 0 Å². The second-order valence-electron chi connectivity index (χ2n) is 6.84. The molecule has 2 aliphatic rings. The summed E-state index contributed by atoms with van der Waals surface area (Å²) in [6, 6.07) is 12.3. The highest BCUT2D eigenvalue weighted by molar-refractivity contribution is 5.14. The van der Waals surface area contributed by atoms with E-state index in [-0.39, 0.29) is 0 Å². The average molecular weight is 302 g/mol. The minimum absolute atomic E-state index is 0.729. The number of likely N-dealkylation sites (N-methyl/N-ethyl adjacent to an activating group) is 1. The van der Waals surface area contributed by atoms with Gasteiger partial charge in [0.1, 0.15) is 0 Å². The Morgan fingerprint density at radius 2 is 1.86 bits per heavy atom. The molecule has 3 nitrogen and oxygen atoms in total. The van der Waals surface area contributed by atoms with Gasteiger partial charge in [0.05, 0.1) is 0 Å². The van der Waals surface area contributed by atoms with Crippen molar-refractivity contribution in [2.24, 2.45) is 0 Å². The zero-order chi connectivity index (χ0) is 15.2. The van der Waals surface area contributed by atoms with Crippen LogP contribution >= 0.6 is 0 Å². The van der Waals surface area contributed by atoms with Crippen LogP contribution in [0.1, 0.15) is 31.2 Å². The molecule has 3 rings (SSSR count). The maximum absolute atomic E-state index is 5.51. The van der Waals surface area contributed by atoms with Gasteiger partial charge < -0.3 is 9.64 Å². The molecular formula is C19H30N2O. The maximum atomic E-state index is 5.51. The van der Waals surface area contributed by atoms with E-state index < -0.39 is 0 Å². The Balaban J connectivity index is 1.48. The van der Waals surface area contributed by atoms with Gasteiger partial charge in [-0.15, -0.1) is 0 Å². The first kappa shape index (κ1) is 16.0. The molecule has 2 heterocycles. The highest BCUT2D eigenvalue weighted by Gasteiger charge is 2.28. The van der Waals surface area contributed by atoms with Crippen molar-refractivity contribution in [1.29, 1.82) is 0 Å². The van der Waals surface area contributed by atoms with Crippen LogP contribution < -0.4 is 0 Å². The standard InChI is InChI=1S/C19H30N2O/c1-20(18-10-14-22-15-11-18)19-8-5-12-21(16-19)13-9-17-6-3-2-4-7-17/h2-4,6-7,18-19H,5,8-16H2,1H3. The van der Waals surface area contributed by atoms with Crippen molar-refractivity contribution in [3.63, 3.8) is 0 Å². The van der Waals surface area contributed by atoms with Crippen molar-refractivity contribution in [3.8, 4) is 0 Å². The number of hydrogen-bond acceptors (Lipinski definition) is 3. The first-order chi connectivity index (χ1) is 10.8. The fourth-order valence-corrected chi connectivity index (χ4v) is 3.89. The van der Waals surface area contributed by atoms with E-state index in [4.69, 9.17) is 4.74 Å². The van der Waals surface area contributed by atoms with Gasteiger partial charge in [0.15, 0.2) is 0 Å². The van der Waals surface area contributed by atoms with Crippen LogP contribution in [0.25, 0.3) is 0 Å². The van der Waals surface area contributed by atoms with Gasteiger partial charge in [0.2, 0.25) is 0 Å². The molecule has 0 aliphatic carbocycles. The molecule has 0 spiro atoms. The van der Waals surface area contributed by atoms with Crippen molar-refractivity contribution < 1.29 is 4.74 Å². The van der Waals surface area contributed by atoms with Crippen molar-refractivity contribution in [2.75, 3.05) is 39.9 Å². The summed E-state index contributed by atoms with van der Waals surface area (Å²) in [5.74, 6) is 0. The minimum atomic E-state index is 0.729. The Morgan fingerprint density at radius 1 is 1.09 bits per heavy atom. The van der Waals surface area contributed by atoms with E-state index in [1.165, 1.54) is 57.3 Å². The lowest BCUT2D eigenvalue weighted by Gasteiger charge is -2.42. The van der Waals surface area contributed by atoms with E-state index in [0.29, 0.717) is 0 Å². The van der Waals surface area contributed by atoms with Gasteiger partial charge in [-0.05, 0) is 51.3 Å². The molecule has 3 heteroatoms. The molecule has 2 aliphatic heterocycles. The number of nitrogens with zero attached hydrogens (tertiary/aromatic N) is 2. The van der Waals surface area contributed by atoms with E-state index >= 15 is 0 Å². The number of rotatable bonds is 5. The molecule has 0 aromatic heterocycles. The summed E-state index contributed by atoms with van der Waals surface area (Å²) < 4.78 is 5.51. The predicted molar refractivity (Wildman–Crippen MR) is 91.2 cm³/mol. The first-order valence-corrected chi connectivity index (χ1v) is 8.89. The summed E-state index contributed by atoms with van der Waals surface area (Å²) in [6.07, 6.45) is 6.28. The molecule has 1 aromatic rings. The quantitative estimate of drug-likeness (QED) is 0.832. The van der Waals surface area contributed by atoms with Crippen molar-refractivity contribution in [1.82, 2.24) is 9.80 Å². The van der Waals surface area contributed by atoms with Crippen LogP contribution in [0.4, 0.5) is 0 Å². The lowest BCUT2D eigenvalue weighted by Crippen LogP contribution is -2.51. The van der Waals surface area contributed by atoms with Crippen LogP contribution in [0.5, 0.6) is 0 Å². The lowest BCUT2D eigenvalue weighted by molar-refractivity contribution is 0.0120. The Bertz CT molecular complexity index is 430. The molecule has 0 N–H and O–H groups in total. The molecular weight excluding hydrogens is 272 g/mol. The van der Waals surface area contributed by atoms with Gasteiger partial charge in [-0.25, -0.2) is 0 Å². The second-order valence-corrected chi connectivity index (χ2v) is 6.84. The largest absolute Gasteiger partial charge is 0.381 e. The van der Waals surface area contributed by atoms with E-state index in [9.17, 15) is 0 Å². The topological polar surface area (TPSA) is 15.7 Å². The first-order valence-electron chi connectivity index (χ1n) is 8.89. The van der Waals surface area contributed by atoms with Gasteiger partial charge in [-0.1, -0.05) is 30.3 Å². The number of ether oxygens (including phenoxy) is 1. The second kappa shape index (κ2) is 8.09. The third-order valence-electron chi connectivity index (χ3n) is 5.38. The van der Waals surface area contributed by atoms with Crippen LogP contribution in [0.2, 0.25) is 0 Å². The van der Waals surface area contributed by atoms with Crippen LogP contribution in [-0.2, 0) is 11.2 Å². The Morgan fingerprint density at radius 3 is 2.64 bits per heavy atom. The molecule has 1 atom stereocenters. The molecule has 122 valence electrons. The molecule has 22 heavy (non-hydrogen) atoms. The fourth-order valence-electron chi connectivity index (χ4n) is 3.89. The summed E-state index contributed by atoms with van der Waals surface area (Å²) in [4.78, 5) is 5.31. The number of benzene rings is 1. The molecule has 1 aromatic carbocycles. The van der Waals surface area contributed by atoms with E-state index in [1.54, 1.807) is 0 Å². The monoisotopic (exact) mass is 302 g/mol. The van der Waals surface area contributed by atoms with Gasteiger partial charge in [-0.3, -0.25) is 4.90 Å². The SMILES string of the molecule is CN(C1CCOCC1)C1CCCN(CCc2ccccc2)C1. The number of likely N-dealkylation sites (tertiary alicyclic amines) is 1. The fraction of sp³-hybridized carbons (Fsp3) is 0.684. The van der Waals surface area contributed by atoms with Crippen molar-refractivity contribution >= 4 is 0 Å². The zero-order valence-electron chi connectivity index (χ0n) is 13.9. The summed E-state index contributed by atoms with van der Waals surface area (Å²) in [5.41, 5.74) is 1.46. The average Bonchev–Trinajstić information content (AvgIpc) is 2.61. The van der Waals surface area contributed by atoms with Gasteiger partial charge in [0, 0.05) is 38.4 Å². The van der Waals surface area contributed by atoms with E-state index in [1.807, 2.05) is 0 Å². The highest BCUT2D eigenvalue weighted by Crippen LogP contribution is 2.21. The number of hydrogen-bond donors (Lipinski definition) is 0. The van der Waals surface area contributed by atoms with Crippen molar-refractivity contribution in [2.45, 2.75) is 44.2 Å². The van der Waals surface area contributed by atoms with Crippen LogP contribution in [0.15, 0.2) is 30.3 Å². The summed E-state index contributed by atoms with van der Waals surface area (Å²) in [6.45, 7) is 5.59. The Kier molecular flexibility index (Phi) is 5.88. The summed E-state index contributed by atoms with van der Waals surface area (Å²) in [7, 11) is 2.33. The minimum Gasteiger partial charge on any atom is -0.381 e. The molecule has 0 bridgehead atoms. The predicted octanol–water partition coefficient (Wildman–Crippen LogP) is 2.80. The zero-order valence-corrected chi connectivity index (χ0v) is 13.9. The summed E-state index contributed by atoms with van der Waals surface area (Å²) in [5, 5.41) is 0.